The summed E-state index contributed by atoms with van der Waals surface area (Å²) in [6.07, 6.45) is 10.0. The van der Waals surface area contributed by atoms with Crippen molar-refractivity contribution in [1.29, 1.82) is 0 Å². The van der Waals surface area contributed by atoms with Gasteiger partial charge in [-0.05, 0) is 44.4 Å². The molecule has 1 heterocycles. The average molecular weight is 280 g/mol. The maximum atomic E-state index is 3.77. The molecule has 2 aliphatic rings. The van der Waals surface area contributed by atoms with E-state index in [1.165, 1.54) is 58.0 Å². The molecule has 20 heavy (non-hydrogen) atoms. The van der Waals surface area contributed by atoms with Crippen LogP contribution >= 0.6 is 0 Å². The van der Waals surface area contributed by atoms with E-state index in [9.17, 15) is 0 Å². The van der Waals surface area contributed by atoms with Gasteiger partial charge in [-0.25, -0.2) is 0 Å². The summed E-state index contributed by atoms with van der Waals surface area (Å²) in [6.45, 7) is 12.0. The Hall–Kier alpha value is -0.0800. The molecule has 0 aromatic heterocycles. The van der Waals surface area contributed by atoms with Gasteiger partial charge in [0.25, 0.3) is 0 Å². The quantitative estimate of drug-likeness (QED) is 0.817. The van der Waals surface area contributed by atoms with E-state index in [2.05, 4.69) is 37.9 Å². The van der Waals surface area contributed by atoms with Crippen molar-refractivity contribution < 1.29 is 0 Å². The summed E-state index contributed by atoms with van der Waals surface area (Å²) in [5.74, 6) is 1.77. The van der Waals surface area contributed by atoms with Crippen molar-refractivity contribution in [3.63, 3.8) is 0 Å². The van der Waals surface area contributed by atoms with Crippen LogP contribution in [-0.4, -0.2) is 36.1 Å². The van der Waals surface area contributed by atoms with Gasteiger partial charge in [0, 0.05) is 31.2 Å². The minimum absolute atomic E-state index is 0.712. The lowest BCUT2D eigenvalue weighted by Crippen LogP contribution is -2.60. The summed E-state index contributed by atoms with van der Waals surface area (Å²) < 4.78 is 0. The van der Waals surface area contributed by atoms with Crippen LogP contribution in [0.3, 0.4) is 0 Å². The van der Waals surface area contributed by atoms with Crippen LogP contribution in [0.15, 0.2) is 0 Å². The molecule has 118 valence electrons. The summed E-state index contributed by atoms with van der Waals surface area (Å²) in [5, 5.41) is 3.77. The first-order valence-corrected chi connectivity index (χ1v) is 9.11. The van der Waals surface area contributed by atoms with Gasteiger partial charge in [-0.3, -0.25) is 4.90 Å². The molecule has 1 saturated heterocycles. The Morgan fingerprint density at radius 1 is 1.15 bits per heavy atom. The van der Waals surface area contributed by atoms with Crippen molar-refractivity contribution in [3.8, 4) is 0 Å². The molecule has 2 nitrogen and oxygen atoms in total. The Kier molecular flexibility index (Phi) is 6.35. The van der Waals surface area contributed by atoms with Gasteiger partial charge in [0.1, 0.15) is 0 Å². The van der Waals surface area contributed by atoms with E-state index < -0.39 is 0 Å². The number of hydrogen-bond donors (Lipinski definition) is 1. The fourth-order valence-corrected chi connectivity index (χ4v) is 4.50. The minimum atomic E-state index is 0.712. The highest BCUT2D eigenvalue weighted by molar-refractivity contribution is 4.91. The van der Waals surface area contributed by atoms with Crippen LogP contribution in [0.25, 0.3) is 0 Å². The first-order valence-electron chi connectivity index (χ1n) is 9.11. The second-order valence-electron chi connectivity index (χ2n) is 7.65. The second kappa shape index (κ2) is 7.79. The zero-order chi connectivity index (χ0) is 14.5. The van der Waals surface area contributed by atoms with Gasteiger partial charge in [0.15, 0.2) is 0 Å². The molecule has 1 aliphatic carbocycles. The smallest absolute Gasteiger partial charge is 0.0198 e. The van der Waals surface area contributed by atoms with Gasteiger partial charge in [-0.1, -0.05) is 40.0 Å². The molecule has 0 bridgehead atoms. The van der Waals surface area contributed by atoms with Crippen LogP contribution in [0.1, 0.15) is 72.6 Å². The highest BCUT2D eigenvalue weighted by atomic mass is 15.3. The van der Waals surface area contributed by atoms with Gasteiger partial charge < -0.3 is 5.32 Å². The fourth-order valence-electron chi connectivity index (χ4n) is 4.50. The molecular weight excluding hydrogens is 244 g/mol. The molecule has 2 fully saturated rings. The average Bonchev–Trinajstić information content (AvgIpc) is 2.44. The first kappa shape index (κ1) is 16.3. The van der Waals surface area contributed by atoms with Crippen molar-refractivity contribution in [2.24, 2.45) is 11.8 Å². The Bertz CT molecular complexity index is 271. The standard InChI is InChI=1S/C18H36N2/c1-5-18(16-9-7-6-8-10-16)20-13-17(11-14(2)3)19-12-15(20)4/h14-19H,5-13H2,1-4H3. The second-order valence-corrected chi connectivity index (χ2v) is 7.65. The predicted octanol–water partition coefficient (Wildman–Crippen LogP) is 4.05. The third-order valence-electron chi connectivity index (χ3n) is 5.49. The van der Waals surface area contributed by atoms with E-state index in [0.29, 0.717) is 12.1 Å². The van der Waals surface area contributed by atoms with E-state index in [-0.39, 0.29) is 0 Å². The molecule has 0 amide bonds. The summed E-state index contributed by atoms with van der Waals surface area (Å²) in [7, 11) is 0. The highest BCUT2D eigenvalue weighted by Crippen LogP contribution is 2.32. The fraction of sp³-hybridized carbons (Fsp3) is 1.00. The number of nitrogens with zero attached hydrogens (tertiary/aromatic N) is 1. The SMILES string of the molecule is CCC(C1CCCCC1)N1CC(CC(C)C)NCC1C. The molecular formula is C18H36N2. The molecule has 1 saturated carbocycles. The summed E-state index contributed by atoms with van der Waals surface area (Å²) in [4.78, 5) is 2.86. The van der Waals surface area contributed by atoms with Crippen LogP contribution in [0, 0.1) is 11.8 Å². The number of rotatable bonds is 5. The molecule has 0 spiro atoms. The molecule has 3 unspecified atom stereocenters. The molecule has 0 aromatic carbocycles. The van der Waals surface area contributed by atoms with Crippen LogP contribution in [-0.2, 0) is 0 Å². The van der Waals surface area contributed by atoms with Crippen molar-refractivity contribution in [2.45, 2.75) is 90.8 Å². The molecule has 2 heteroatoms. The van der Waals surface area contributed by atoms with Crippen LogP contribution in [0.2, 0.25) is 0 Å². The van der Waals surface area contributed by atoms with E-state index in [1.54, 1.807) is 0 Å². The monoisotopic (exact) mass is 280 g/mol. The van der Waals surface area contributed by atoms with Crippen LogP contribution < -0.4 is 5.32 Å². The van der Waals surface area contributed by atoms with Gasteiger partial charge in [0.05, 0.1) is 0 Å². The predicted molar refractivity (Wildman–Crippen MR) is 88.1 cm³/mol. The number of hydrogen-bond acceptors (Lipinski definition) is 2. The third-order valence-corrected chi connectivity index (χ3v) is 5.49. The number of piperazine rings is 1. The zero-order valence-corrected chi connectivity index (χ0v) is 14.2. The third kappa shape index (κ3) is 4.21. The van der Waals surface area contributed by atoms with Gasteiger partial charge in [-0.15, -0.1) is 0 Å². The van der Waals surface area contributed by atoms with Crippen molar-refractivity contribution in [2.75, 3.05) is 13.1 Å². The van der Waals surface area contributed by atoms with Gasteiger partial charge in [-0.2, -0.15) is 0 Å². The zero-order valence-electron chi connectivity index (χ0n) is 14.2. The molecule has 3 atom stereocenters. The molecule has 0 radical (unpaired) electrons. The van der Waals surface area contributed by atoms with E-state index in [1.807, 2.05) is 0 Å². The van der Waals surface area contributed by atoms with Crippen molar-refractivity contribution in [1.82, 2.24) is 10.2 Å². The van der Waals surface area contributed by atoms with Gasteiger partial charge in [0.2, 0.25) is 0 Å². The van der Waals surface area contributed by atoms with E-state index in [4.69, 9.17) is 0 Å². The van der Waals surface area contributed by atoms with Crippen LogP contribution in [0.5, 0.6) is 0 Å². The van der Waals surface area contributed by atoms with Crippen LogP contribution in [0.4, 0.5) is 0 Å². The minimum Gasteiger partial charge on any atom is -0.311 e. The Labute approximate surface area is 126 Å². The normalized spacial score (nSPS) is 31.6. The lowest BCUT2D eigenvalue weighted by atomic mass is 9.81. The number of nitrogens with one attached hydrogen (secondary N) is 1. The Morgan fingerprint density at radius 3 is 2.45 bits per heavy atom. The maximum Gasteiger partial charge on any atom is 0.0198 e. The summed E-state index contributed by atoms with van der Waals surface area (Å²) in [6, 6.07) is 2.26. The van der Waals surface area contributed by atoms with E-state index in [0.717, 1.165) is 17.9 Å². The molecule has 1 aliphatic heterocycles. The lowest BCUT2D eigenvalue weighted by molar-refractivity contribution is 0.0409. The van der Waals surface area contributed by atoms with Gasteiger partial charge >= 0.3 is 0 Å². The Balaban J connectivity index is 1.98. The maximum absolute atomic E-state index is 3.77. The van der Waals surface area contributed by atoms with Crippen molar-refractivity contribution >= 4 is 0 Å². The lowest BCUT2D eigenvalue weighted by Gasteiger charge is -2.47. The van der Waals surface area contributed by atoms with Crippen molar-refractivity contribution in [3.05, 3.63) is 0 Å². The highest BCUT2D eigenvalue weighted by Gasteiger charge is 2.34. The molecule has 0 aromatic rings. The Morgan fingerprint density at radius 2 is 1.85 bits per heavy atom. The molecule has 2 rings (SSSR count). The summed E-state index contributed by atoms with van der Waals surface area (Å²) in [5.41, 5.74) is 0. The first-order chi connectivity index (χ1) is 9.61. The summed E-state index contributed by atoms with van der Waals surface area (Å²) >= 11 is 0. The molecule has 1 N–H and O–H groups in total. The van der Waals surface area contributed by atoms with E-state index >= 15 is 0 Å². The topological polar surface area (TPSA) is 15.3 Å². The largest absolute Gasteiger partial charge is 0.311 e.